The van der Waals surface area contributed by atoms with E-state index in [9.17, 15) is 13.2 Å². The topological polar surface area (TPSA) is 39.9 Å². The highest BCUT2D eigenvalue weighted by atomic mass is 19.4. The molecule has 0 saturated heterocycles. The number of halogens is 3. The normalized spacial score (nSPS) is 11.8. The molecule has 0 radical (unpaired) electrons. The second-order valence-corrected chi connectivity index (χ2v) is 10.1. The average molecular weight is 544 g/mol. The SMILES string of the molecule is CCCCCCOc1ccc(-c2cc(C(F)(F)F)c3c(-c4ccc(C)cc4)nn(-c4ccc(C)cc4)c3n2)cc1. The summed E-state index contributed by atoms with van der Waals surface area (Å²) in [4.78, 5) is 4.77. The highest BCUT2D eigenvalue weighted by Crippen LogP contribution is 2.41. The Morgan fingerprint density at radius 3 is 2.02 bits per heavy atom. The van der Waals surface area contributed by atoms with E-state index in [1.54, 1.807) is 36.4 Å². The van der Waals surface area contributed by atoms with Gasteiger partial charge in [0.25, 0.3) is 0 Å². The molecule has 2 aromatic heterocycles. The van der Waals surface area contributed by atoms with Crippen LogP contribution >= 0.6 is 0 Å². The van der Waals surface area contributed by atoms with Gasteiger partial charge in [-0.1, -0.05) is 73.7 Å². The minimum Gasteiger partial charge on any atom is -0.494 e. The van der Waals surface area contributed by atoms with Gasteiger partial charge in [0.2, 0.25) is 0 Å². The molecule has 5 rings (SSSR count). The molecule has 0 bridgehead atoms. The number of rotatable bonds is 9. The molecule has 7 heteroatoms. The van der Waals surface area contributed by atoms with Crippen LogP contribution in [0.25, 0.3) is 39.2 Å². The minimum absolute atomic E-state index is 0.0206. The van der Waals surface area contributed by atoms with E-state index in [1.165, 1.54) is 11.1 Å². The Kier molecular flexibility index (Phi) is 7.92. The fourth-order valence-corrected chi connectivity index (χ4v) is 4.71. The maximum atomic E-state index is 14.6. The van der Waals surface area contributed by atoms with Gasteiger partial charge in [0.05, 0.1) is 28.9 Å². The lowest BCUT2D eigenvalue weighted by molar-refractivity contribution is -0.136. The fourth-order valence-electron chi connectivity index (χ4n) is 4.71. The lowest BCUT2D eigenvalue weighted by Gasteiger charge is -2.13. The van der Waals surface area contributed by atoms with Crippen molar-refractivity contribution >= 4 is 11.0 Å². The zero-order chi connectivity index (χ0) is 28.3. The Morgan fingerprint density at radius 1 is 0.775 bits per heavy atom. The number of nitrogens with zero attached hydrogens (tertiary/aromatic N) is 3. The summed E-state index contributed by atoms with van der Waals surface area (Å²) >= 11 is 0. The van der Waals surface area contributed by atoms with Crippen molar-refractivity contribution < 1.29 is 17.9 Å². The summed E-state index contributed by atoms with van der Waals surface area (Å²) < 4.78 is 51.3. The summed E-state index contributed by atoms with van der Waals surface area (Å²) in [6.45, 7) is 6.66. The molecule has 2 heterocycles. The molecule has 0 aliphatic rings. The van der Waals surface area contributed by atoms with E-state index in [0.29, 0.717) is 29.2 Å². The molecule has 5 aromatic rings. The monoisotopic (exact) mass is 543 g/mol. The first-order valence-electron chi connectivity index (χ1n) is 13.6. The van der Waals surface area contributed by atoms with Gasteiger partial charge >= 0.3 is 6.18 Å². The van der Waals surface area contributed by atoms with Gasteiger partial charge in [-0.15, -0.1) is 0 Å². The standard InChI is InChI=1S/C33H32F3N3O/c1-4-5-6-7-20-40-27-18-14-24(15-19-27)29-21-28(33(34,35)36)30-31(25-12-8-22(2)9-13-25)38-39(32(30)37-29)26-16-10-23(3)11-17-26/h8-19,21H,4-7,20H2,1-3H3. The van der Waals surface area contributed by atoms with E-state index in [1.807, 2.05) is 50.2 Å². The zero-order valence-corrected chi connectivity index (χ0v) is 22.9. The number of aryl methyl sites for hydroxylation is 2. The van der Waals surface area contributed by atoms with Crippen LogP contribution in [0.2, 0.25) is 0 Å². The van der Waals surface area contributed by atoms with Crippen molar-refractivity contribution in [3.05, 3.63) is 95.6 Å². The molecule has 0 unspecified atom stereocenters. The number of aromatic nitrogens is 3. The Morgan fingerprint density at radius 2 is 1.40 bits per heavy atom. The molecule has 0 fully saturated rings. The smallest absolute Gasteiger partial charge is 0.417 e. The number of hydrogen-bond donors (Lipinski definition) is 0. The predicted molar refractivity (Wildman–Crippen MR) is 154 cm³/mol. The number of benzene rings is 3. The second kappa shape index (κ2) is 11.5. The molecule has 0 aliphatic heterocycles. The van der Waals surface area contributed by atoms with Gasteiger partial charge in [-0.25, -0.2) is 9.67 Å². The van der Waals surface area contributed by atoms with Crippen molar-refractivity contribution in [2.75, 3.05) is 6.61 Å². The van der Waals surface area contributed by atoms with Crippen LogP contribution in [-0.4, -0.2) is 21.4 Å². The van der Waals surface area contributed by atoms with Crippen LogP contribution in [0.3, 0.4) is 0 Å². The molecule has 0 N–H and O–H groups in total. The van der Waals surface area contributed by atoms with Gasteiger partial charge in [-0.2, -0.15) is 18.3 Å². The molecule has 3 aromatic carbocycles. The van der Waals surface area contributed by atoms with Crippen LogP contribution in [-0.2, 0) is 6.18 Å². The maximum absolute atomic E-state index is 14.6. The van der Waals surface area contributed by atoms with Gasteiger partial charge in [-0.3, -0.25) is 0 Å². The quantitative estimate of drug-likeness (QED) is 0.174. The van der Waals surface area contributed by atoms with Gasteiger partial charge in [0.1, 0.15) is 11.4 Å². The third-order valence-electron chi connectivity index (χ3n) is 6.96. The third-order valence-corrected chi connectivity index (χ3v) is 6.96. The zero-order valence-electron chi connectivity index (χ0n) is 22.9. The highest BCUT2D eigenvalue weighted by Gasteiger charge is 2.36. The number of hydrogen-bond acceptors (Lipinski definition) is 3. The third kappa shape index (κ3) is 5.88. The maximum Gasteiger partial charge on any atom is 0.417 e. The van der Waals surface area contributed by atoms with Crippen molar-refractivity contribution in [2.24, 2.45) is 0 Å². The molecule has 0 aliphatic carbocycles. The van der Waals surface area contributed by atoms with E-state index in [4.69, 9.17) is 14.8 Å². The first-order chi connectivity index (χ1) is 19.2. The summed E-state index contributed by atoms with van der Waals surface area (Å²) in [5.41, 5.74) is 3.71. The van der Waals surface area contributed by atoms with E-state index in [2.05, 4.69) is 6.92 Å². The molecular weight excluding hydrogens is 511 g/mol. The molecule has 40 heavy (non-hydrogen) atoms. The summed E-state index contributed by atoms with van der Waals surface area (Å²) in [5.74, 6) is 0.684. The first-order valence-corrected chi connectivity index (χ1v) is 13.6. The largest absolute Gasteiger partial charge is 0.494 e. The van der Waals surface area contributed by atoms with E-state index < -0.39 is 11.7 Å². The number of fused-ring (bicyclic) bond motifs is 1. The molecule has 4 nitrogen and oxygen atoms in total. The van der Waals surface area contributed by atoms with Crippen LogP contribution in [0, 0.1) is 13.8 Å². The molecule has 0 saturated carbocycles. The molecule has 0 amide bonds. The van der Waals surface area contributed by atoms with Gasteiger partial charge in [0, 0.05) is 11.1 Å². The molecular formula is C33H32F3N3O. The second-order valence-electron chi connectivity index (χ2n) is 10.1. The van der Waals surface area contributed by atoms with Gasteiger partial charge in [-0.05, 0) is 62.7 Å². The van der Waals surface area contributed by atoms with Crippen LogP contribution in [0.15, 0.2) is 78.9 Å². The average Bonchev–Trinajstić information content (AvgIpc) is 3.32. The fraction of sp³-hybridized carbons (Fsp3) is 0.273. The van der Waals surface area contributed by atoms with Crippen molar-refractivity contribution in [1.82, 2.24) is 14.8 Å². The van der Waals surface area contributed by atoms with Crippen LogP contribution in [0.5, 0.6) is 5.75 Å². The lowest BCUT2D eigenvalue weighted by Crippen LogP contribution is -2.08. The minimum atomic E-state index is -4.61. The number of unbranched alkanes of at least 4 members (excludes halogenated alkanes) is 3. The summed E-state index contributed by atoms with van der Waals surface area (Å²) in [7, 11) is 0. The van der Waals surface area contributed by atoms with Crippen molar-refractivity contribution in [3.8, 4) is 34.0 Å². The van der Waals surface area contributed by atoms with E-state index >= 15 is 0 Å². The summed E-state index contributed by atoms with van der Waals surface area (Å²) in [6, 6.07) is 23.0. The molecule has 0 atom stereocenters. The Balaban J connectivity index is 1.64. The number of alkyl halides is 3. The van der Waals surface area contributed by atoms with E-state index in [0.717, 1.165) is 36.5 Å². The van der Waals surface area contributed by atoms with Crippen molar-refractivity contribution in [1.29, 1.82) is 0 Å². The highest BCUT2D eigenvalue weighted by molar-refractivity contribution is 5.96. The molecule has 206 valence electrons. The predicted octanol–water partition coefficient (Wildman–Crippen LogP) is 9.35. The number of ether oxygens (including phenoxy) is 1. The van der Waals surface area contributed by atoms with Crippen LogP contribution in [0.1, 0.15) is 49.3 Å². The van der Waals surface area contributed by atoms with Crippen LogP contribution < -0.4 is 4.74 Å². The number of pyridine rings is 1. The van der Waals surface area contributed by atoms with Gasteiger partial charge in [0.15, 0.2) is 5.65 Å². The Bertz CT molecular complexity index is 1590. The van der Waals surface area contributed by atoms with Crippen LogP contribution in [0.4, 0.5) is 13.2 Å². The van der Waals surface area contributed by atoms with Gasteiger partial charge < -0.3 is 4.74 Å². The van der Waals surface area contributed by atoms with E-state index in [-0.39, 0.29) is 22.4 Å². The summed E-state index contributed by atoms with van der Waals surface area (Å²) in [5, 5.41) is 4.68. The Hall–Kier alpha value is -4.13. The van der Waals surface area contributed by atoms with Crippen molar-refractivity contribution in [2.45, 2.75) is 52.6 Å². The lowest BCUT2D eigenvalue weighted by atomic mass is 10.0. The molecule has 0 spiro atoms. The summed E-state index contributed by atoms with van der Waals surface area (Å²) in [6.07, 6.45) is -0.213. The first kappa shape index (κ1) is 27.4. The van der Waals surface area contributed by atoms with Crippen molar-refractivity contribution in [3.63, 3.8) is 0 Å². The Labute approximate surface area is 232 Å².